The average molecular weight is 288 g/mol. The highest BCUT2D eigenvalue weighted by Crippen LogP contribution is 2.36. The Morgan fingerprint density at radius 3 is 2.52 bits per heavy atom. The second kappa shape index (κ2) is 5.28. The van der Waals surface area contributed by atoms with Crippen LogP contribution in [0, 0.1) is 30.5 Å². The van der Waals surface area contributed by atoms with Crippen molar-refractivity contribution in [3.63, 3.8) is 0 Å². The summed E-state index contributed by atoms with van der Waals surface area (Å²) >= 11 is 0. The van der Waals surface area contributed by atoms with Crippen LogP contribution in [0.4, 0.5) is 4.39 Å². The maximum atomic E-state index is 13.4. The number of rotatable bonds is 2. The first kappa shape index (κ1) is 14.3. The zero-order chi connectivity index (χ0) is 15.1. The second-order valence-corrected chi connectivity index (χ2v) is 6.68. The topological polar surface area (TPSA) is 30.2 Å². The maximum absolute atomic E-state index is 13.4. The largest absolute Gasteiger partial charge is 0.453 e. The van der Waals surface area contributed by atoms with Gasteiger partial charge in [-0.2, -0.15) is 0 Å². The van der Waals surface area contributed by atoms with E-state index >= 15 is 0 Å². The van der Waals surface area contributed by atoms with Gasteiger partial charge in [-0.05, 0) is 56.2 Å². The van der Waals surface area contributed by atoms with E-state index in [1.165, 1.54) is 18.6 Å². The van der Waals surface area contributed by atoms with Gasteiger partial charge in [0.1, 0.15) is 11.4 Å². The third-order valence-electron chi connectivity index (χ3n) is 4.67. The zero-order valence-electron chi connectivity index (χ0n) is 12.8. The molecule has 1 aliphatic rings. The average Bonchev–Trinajstić information content (AvgIpc) is 2.74. The Hall–Kier alpha value is -1.64. The lowest BCUT2D eigenvalue weighted by atomic mass is 9.74. The molecule has 0 amide bonds. The Bertz CT molecular complexity index is 676. The van der Waals surface area contributed by atoms with Crippen molar-refractivity contribution in [1.29, 1.82) is 0 Å². The van der Waals surface area contributed by atoms with Crippen molar-refractivity contribution in [3.05, 3.63) is 35.3 Å². The molecule has 1 aromatic carbocycles. The minimum absolute atomic E-state index is 0.0351. The molecule has 3 rings (SSSR count). The van der Waals surface area contributed by atoms with Crippen molar-refractivity contribution in [1.82, 2.24) is 0 Å². The Morgan fingerprint density at radius 1 is 1.19 bits per heavy atom. The van der Waals surface area contributed by atoms with Gasteiger partial charge in [0.25, 0.3) is 0 Å². The molecular weight excluding hydrogens is 267 g/mol. The van der Waals surface area contributed by atoms with Gasteiger partial charge in [-0.25, -0.2) is 4.39 Å². The molecule has 1 aromatic heterocycles. The standard InChI is InChI=1S/C18H21FO2/c1-10-6-11(2)8-13(7-10)17(20)18-12(3)15-9-14(19)4-5-16(15)21-18/h4-5,9-11,13H,6-8H2,1-3H3. The predicted molar refractivity (Wildman–Crippen MR) is 80.9 cm³/mol. The highest BCUT2D eigenvalue weighted by Gasteiger charge is 2.32. The minimum atomic E-state index is -0.301. The monoisotopic (exact) mass is 288 g/mol. The van der Waals surface area contributed by atoms with E-state index in [4.69, 9.17) is 4.42 Å². The van der Waals surface area contributed by atoms with E-state index in [9.17, 15) is 9.18 Å². The van der Waals surface area contributed by atoms with E-state index in [1.54, 1.807) is 6.07 Å². The summed E-state index contributed by atoms with van der Waals surface area (Å²) in [5, 5.41) is 0.704. The van der Waals surface area contributed by atoms with E-state index in [0.717, 1.165) is 18.4 Å². The Labute approximate surface area is 124 Å². The van der Waals surface area contributed by atoms with Crippen LogP contribution in [-0.2, 0) is 0 Å². The number of fused-ring (bicyclic) bond motifs is 1. The number of aryl methyl sites for hydroxylation is 1. The number of hydrogen-bond acceptors (Lipinski definition) is 2. The number of halogens is 1. The fraction of sp³-hybridized carbons (Fsp3) is 0.500. The highest BCUT2D eigenvalue weighted by molar-refractivity contribution is 6.01. The fourth-order valence-electron chi connectivity index (χ4n) is 3.77. The quantitative estimate of drug-likeness (QED) is 0.717. The number of ketones is 1. The number of benzene rings is 1. The molecule has 0 spiro atoms. The molecule has 0 aliphatic heterocycles. The molecular formula is C18H21FO2. The zero-order valence-corrected chi connectivity index (χ0v) is 12.8. The van der Waals surface area contributed by atoms with Gasteiger partial charge < -0.3 is 4.42 Å². The van der Waals surface area contributed by atoms with Crippen LogP contribution in [0.5, 0.6) is 0 Å². The second-order valence-electron chi connectivity index (χ2n) is 6.68. The van der Waals surface area contributed by atoms with Gasteiger partial charge in [-0.1, -0.05) is 13.8 Å². The van der Waals surface area contributed by atoms with Crippen LogP contribution in [0.15, 0.2) is 22.6 Å². The van der Waals surface area contributed by atoms with E-state index in [1.807, 2.05) is 6.92 Å². The van der Waals surface area contributed by atoms with Crippen LogP contribution in [0.3, 0.4) is 0 Å². The summed E-state index contributed by atoms with van der Waals surface area (Å²) < 4.78 is 19.1. The lowest BCUT2D eigenvalue weighted by Crippen LogP contribution is -2.26. The Balaban J connectivity index is 1.96. The molecule has 2 nitrogen and oxygen atoms in total. The van der Waals surface area contributed by atoms with Crippen LogP contribution in [0.2, 0.25) is 0 Å². The summed E-state index contributed by atoms with van der Waals surface area (Å²) in [6.45, 7) is 6.25. The summed E-state index contributed by atoms with van der Waals surface area (Å²) in [6, 6.07) is 4.40. The van der Waals surface area contributed by atoms with Gasteiger partial charge in [0, 0.05) is 16.9 Å². The minimum Gasteiger partial charge on any atom is -0.453 e. The lowest BCUT2D eigenvalue weighted by molar-refractivity contribution is 0.0808. The summed E-state index contributed by atoms with van der Waals surface area (Å²) in [7, 11) is 0. The molecule has 112 valence electrons. The third kappa shape index (κ3) is 2.61. The van der Waals surface area contributed by atoms with Gasteiger partial charge in [-0.3, -0.25) is 4.79 Å². The lowest BCUT2D eigenvalue weighted by Gasteiger charge is -2.30. The van der Waals surface area contributed by atoms with Gasteiger partial charge >= 0.3 is 0 Å². The summed E-state index contributed by atoms with van der Waals surface area (Å²) in [6.07, 6.45) is 3.04. The van der Waals surface area contributed by atoms with E-state index in [0.29, 0.717) is 28.6 Å². The first-order valence-corrected chi connectivity index (χ1v) is 7.68. The number of hydrogen-bond donors (Lipinski definition) is 0. The molecule has 1 aliphatic carbocycles. The van der Waals surface area contributed by atoms with Crippen LogP contribution >= 0.6 is 0 Å². The molecule has 2 aromatic rings. The molecule has 0 N–H and O–H groups in total. The van der Waals surface area contributed by atoms with Crippen LogP contribution in [-0.4, -0.2) is 5.78 Å². The Kier molecular flexibility index (Phi) is 3.60. The van der Waals surface area contributed by atoms with Crippen molar-refractivity contribution >= 4 is 16.8 Å². The number of furan rings is 1. The van der Waals surface area contributed by atoms with Crippen molar-refractivity contribution in [2.75, 3.05) is 0 Å². The molecule has 2 atom stereocenters. The third-order valence-corrected chi connectivity index (χ3v) is 4.67. The number of carbonyl (C=O) groups is 1. The maximum Gasteiger partial charge on any atom is 0.201 e. The molecule has 0 bridgehead atoms. The van der Waals surface area contributed by atoms with E-state index in [2.05, 4.69) is 13.8 Å². The van der Waals surface area contributed by atoms with Crippen LogP contribution in [0.1, 0.15) is 49.2 Å². The van der Waals surface area contributed by atoms with Crippen LogP contribution < -0.4 is 0 Å². The normalized spacial score (nSPS) is 26.2. The van der Waals surface area contributed by atoms with Gasteiger partial charge in [0.2, 0.25) is 5.78 Å². The van der Waals surface area contributed by atoms with E-state index < -0.39 is 0 Å². The van der Waals surface area contributed by atoms with Crippen molar-refractivity contribution < 1.29 is 13.6 Å². The molecule has 3 heteroatoms. The summed E-state index contributed by atoms with van der Waals surface area (Å²) in [5.41, 5.74) is 1.36. The molecule has 0 saturated heterocycles. The molecule has 2 unspecified atom stereocenters. The molecule has 1 heterocycles. The first-order chi connectivity index (χ1) is 9.95. The summed E-state index contributed by atoms with van der Waals surface area (Å²) in [4.78, 5) is 12.8. The van der Waals surface area contributed by atoms with Crippen molar-refractivity contribution in [2.24, 2.45) is 17.8 Å². The van der Waals surface area contributed by atoms with Crippen molar-refractivity contribution in [2.45, 2.75) is 40.0 Å². The summed E-state index contributed by atoms with van der Waals surface area (Å²) in [5.74, 6) is 1.39. The smallest absolute Gasteiger partial charge is 0.201 e. The number of Topliss-reactive ketones (excluding diaryl/α,β-unsaturated/α-hetero) is 1. The Morgan fingerprint density at radius 2 is 1.86 bits per heavy atom. The predicted octanol–water partition coefficient (Wildman–Crippen LogP) is 5.14. The SMILES string of the molecule is Cc1c(C(=O)C2CC(C)CC(C)C2)oc2ccc(F)cc12. The molecule has 0 radical (unpaired) electrons. The highest BCUT2D eigenvalue weighted by atomic mass is 19.1. The first-order valence-electron chi connectivity index (χ1n) is 7.68. The van der Waals surface area contributed by atoms with E-state index in [-0.39, 0.29) is 17.5 Å². The molecule has 1 saturated carbocycles. The van der Waals surface area contributed by atoms with Gasteiger partial charge in [0.05, 0.1) is 0 Å². The van der Waals surface area contributed by atoms with Crippen molar-refractivity contribution in [3.8, 4) is 0 Å². The molecule has 21 heavy (non-hydrogen) atoms. The molecule has 1 fully saturated rings. The number of carbonyl (C=O) groups excluding carboxylic acids is 1. The fourth-order valence-corrected chi connectivity index (χ4v) is 3.77. The van der Waals surface area contributed by atoms with Gasteiger partial charge in [-0.15, -0.1) is 0 Å². The van der Waals surface area contributed by atoms with Crippen LogP contribution in [0.25, 0.3) is 11.0 Å². The van der Waals surface area contributed by atoms with Gasteiger partial charge in [0.15, 0.2) is 5.76 Å².